The van der Waals surface area contributed by atoms with Gasteiger partial charge in [0.1, 0.15) is 0 Å². The third kappa shape index (κ3) is 21.9. The molecule has 0 unspecified atom stereocenters. The van der Waals surface area contributed by atoms with E-state index in [1.165, 1.54) is 94.3 Å². The monoisotopic (exact) mass is 431 g/mol. The van der Waals surface area contributed by atoms with E-state index in [1.807, 2.05) is 18.2 Å². The summed E-state index contributed by atoms with van der Waals surface area (Å²) >= 11 is 2.48. The summed E-state index contributed by atoms with van der Waals surface area (Å²) in [7, 11) is 0. The molecule has 0 spiro atoms. The van der Waals surface area contributed by atoms with E-state index in [0.29, 0.717) is 0 Å². The zero-order valence-corrected chi connectivity index (χ0v) is 17.5. The summed E-state index contributed by atoms with van der Waals surface area (Å²) in [6, 6.07) is 5.72. The number of hydrogen-bond donors (Lipinski definition) is 0. The van der Waals surface area contributed by atoms with Crippen LogP contribution >= 0.6 is 22.6 Å². The van der Waals surface area contributed by atoms with Gasteiger partial charge in [0.2, 0.25) is 0 Å². The SMILES string of the molecule is CCCCCCCCCCCCCCCCI.c1ccncc1. The average Bonchev–Trinajstić information content (AvgIpc) is 2.61. The van der Waals surface area contributed by atoms with Gasteiger partial charge in [0.05, 0.1) is 0 Å². The van der Waals surface area contributed by atoms with Crippen LogP contribution in [-0.4, -0.2) is 9.41 Å². The first kappa shape index (κ1) is 22.9. The van der Waals surface area contributed by atoms with Crippen LogP contribution in [0.4, 0.5) is 0 Å². The molecule has 0 aliphatic heterocycles. The Bertz CT molecular complexity index is 248. The minimum Gasteiger partial charge on any atom is -0.265 e. The summed E-state index contributed by atoms with van der Waals surface area (Å²) in [4.78, 5) is 3.78. The van der Waals surface area contributed by atoms with Crippen molar-refractivity contribution in [2.75, 3.05) is 4.43 Å². The predicted molar refractivity (Wildman–Crippen MR) is 113 cm³/mol. The van der Waals surface area contributed by atoms with Gasteiger partial charge in [0, 0.05) is 12.4 Å². The highest BCUT2D eigenvalue weighted by Gasteiger charge is 1.93. The number of unbranched alkanes of at least 4 members (excludes halogenated alkanes) is 13. The molecule has 0 amide bonds. The molecule has 0 aliphatic carbocycles. The van der Waals surface area contributed by atoms with E-state index in [-0.39, 0.29) is 0 Å². The zero-order chi connectivity index (χ0) is 16.8. The largest absolute Gasteiger partial charge is 0.265 e. The quantitative estimate of drug-likeness (QED) is 0.165. The van der Waals surface area contributed by atoms with Gasteiger partial charge >= 0.3 is 0 Å². The van der Waals surface area contributed by atoms with Crippen molar-refractivity contribution in [1.29, 1.82) is 0 Å². The van der Waals surface area contributed by atoms with Gasteiger partial charge in [-0.2, -0.15) is 0 Å². The summed E-state index contributed by atoms with van der Waals surface area (Å²) < 4.78 is 1.34. The maximum absolute atomic E-state index is 3.78. The predicted octanol–water partition coefficient (Wildman–Crippen LogP) is 7.98. The topological polar surface area (TPSA) is 12.9 Å². The number of pyridine rings is 1. The van der Waals surface area contributed by atoms with Crippen LogP contribution in [0.3, 0.4) is 0 Å². The van der Waals surface area contributed by atoms with E-state index in [2.05, 4.69) is 34.5 Å². The third-order valence-electron chi connectivity index (χ3n) is 4.05. The maximum atomic E-state index is 3.78. The number of halogens is 1. The second kappa shape index (κ2) is 21.9. The first-order valence-electron chi connectivity index (χ1n) is 9.82. The Hall–Kier alpha value is -0.120. The van der Waals surface area contributed by atoms with Crippen molar-refractivity contribution in [2.45, 2.75) is 96.8 Å². The number of nitrogens with zero attached hydrogens (tertiary/aromatic N) is 1. The Kier molecular flexibility index (Phi) is 21.8. The van der Waals surface area contributed by atoms with Crippen LogP contribution in [0.5, 0.6) is 0 Å². The molecular weight excluding hydrogens is 393 g/mol. The summed E-state index contributed by atoms with van der Waals surface area (Å²) in [6.45, 7) is 2.29. The second-order valence-electron chi connectivity index (χ2n) is 6.31. The molecule has 0 aromatic carbocycles. The van der Waals surface area contributed by atoms with Gasteiger partial charge in [-0.15, -0.1) is 0 Å². The standard InChI is InChI=1S/C16H33I.C5H5N/c1-2-3-4-5-6-7-8-9-10-11-12-13-14-15-16-17;1-2-4-6-5-3-1/h2-16H2,1H3;1-5H. The van der Waals surface area contributed by atoms with Gasteiger partial charge in [-0.3, -0.25) is 4.98 Å². The summed E-state index contributed by atoms with van der Waals surface area (Å²) in [5, 5.41) is 0. The average molecular weight is 431 g/mol. The Labute approximate surface area is 159 Å². The first-order valence-corrected chi connectivity index (χ1v) is 11.3. The van der Waals surface area contributed by atoms with E-state index in [1.54, 1.807) is 12.4 Å². The lowest BCUT2D eigenvalue weighted by Crippen LogP contribution is -1.83. The van der Waals surface area contributed by atoms with E-state index < -0.39 is 0 Å². The molecule has 134 valence electrons. The van der Waals surface area contributed by atoms with E-state index in [0.717, 1.165) is 0 Å². The van der Waals surface area contributed by atoms with Crippen LogP contribution in [0, 0.1) is 0 Å². The summed E-state index contributed by atoms with van der Waals surface area (Å²) in [5.74, 6) is 0. The van der Waals surface area contributed by atoms with Crippen molar-refractivity contribution in [3.05, 3.63) is 30.6 Å². The molecule has 1 rings (SSSR count). The van der Waals surface area contributed by atoms with Crippen LogP contribution in [0.15, 0.2) is 30.6 Å². The van der Waals surface area contributed by atoms with Crippen molar-refractivity contribution in [1.82, 2.24) is 4.98 Å². The smallest absolute Gasteiger partial charge is 0.0267 e. The highest BCUT2D eigenvalue weighted by Crippen LogP contribution is 2.13. The second-order valence-corrected chi connectivity index (χ2v) is 7.39. The summed E-state index contributed by atoms with van der Waals surface area (Å²) in [5.41, 5.74) is 0. The Morgan fingerprint density at radius 1 is 0.565 bits per heavy atom. The fourth-order valence-corrected chi connectivity index (χ4v) is 3.14. The van der Waals surface area contributed by atoms with Crippen molar-refractivity contribution in [3.63, 3.8) is 0 Å². The number of hydrogen-bond acceptors (Lipinski definition) is 1. The molecule has 0 radical (unpaired) electrons. The zero-order valence-electron chi connectivity index (χ0n) is 15.3. The molecule has 0 fully saturated rings. The van der Waals surface area contributed by atoms with Crippen LogP contribution in [-0.2, 0) is 0 Å². The molecule has 1 aromatic rings. The van der Waals surface area contributed by atoms with Gasteiger partial charge in [0.15, 0.2) is 0 Å². The molecule has 0 atom stereocenters. The van der Waals surface area contributed by atoms with Crippen molar-refractivity contribution in [2.24, 2.45) is 0 Å². The molecule has 0 bridgehead atoms. The van der Waals surface area contributed by atoms with Crippen molar-refractivity contribution >= 4 is 22.6 Å². The van der Waals surface area contributed by atoms with E-state index in [9.17, 15) is 0 Å². The van der Waals surface area contributed by atoms with Gasteiger partial charge in [0.25, 0.3) is 0 Å². The lowest BCUT2D eigenvalue weighted by Gasteiger charge is -2.02. The highest BCUT2D eigenvalue weighted by atomic mass is 127. The van der Waals surface area contributed by atoms with Gasteiger partial charge < -0.3 is 0 Å². The molecule has 1 heterocycles. The molecule has 2 heteroatoms. The van der Waals surface area contributed by atoms with Crippen LogP contribution in [0.2, 0.25) is 0 Å². The minimum absolute atomic E-state index is 1.34. The number of alkyl halides is 1. The van der Waals surface area contributed by atoms with Gasteiger partial charge in [-0.1, -0.05) is 119 Å². The summed E-state index contributed by atoms with van der Waals surface area (Å²) in [6.07, 6.45) is 24.0. The number of rotatable bonds is 14. The molecule has 0 saturated heterocycles. The Morgan fingerprint density at radius 3 is 1.22 bits per heavy atom. The lowest BCUT2D eigenvalue weighted by atomic mass is 10.0. The lowest BCUT2D eigenvalue weighted by molar-refractivity contribution is 0.539. The van der Waals surface area contributed by atoms with Crippen molar-refractivity contribution in [3.8, 4) is 0 Å². The molecule has 0 N–H and O–H groups in total. The Morgan fingerprint density at radius 2 is 0.957 bits per heavy atom. The van der Waals surface area contributed by atoms with Crippen LogP contribution in [0.25, 0.3) is 0 Å². The molecule has 23 heavy (non-hydrogen) atoms. The Balaban J connectivity index is 0.000000664. The molecule has 0 aliphatic rings. The first-order chi connectivity index (χ1) is 11.4. The fraction of sp³-hybridized carbons (Fsp3) is 0.762. The highest BCUT2D eigenvalue weighted by molar-refractivity contribution is 14.1. The van der Waals surface area contributed by atoms with E-state index in [4.69, 9.17) is 0 Å². The van der Waals surface area contributed by atoms with Gasteiger partial charge in [-0.25, -0.2) is 0 Å². The molecule has 1 nitrogen and oxygen atoms in total. The van der Waals surface area contributed by atoms with E-state index >= 15 is 0 Å². The molecule has 0 saturated carbocycles. The fourth-order valence-electron chi connectivity index (χ4n) is 2.60. The maximum Gasteiger partial charge on any atom is 0.0267 e. The van der Waals surface area contributed by atoms with Crippen LogP contribution < -0.4 is 0 Å². The number of aromatic nitrogens is 1. The molecule has 1 aromatic heterocycles. The van der Waals surface area contributed by atoms with Crippen molar-refractivity contribution < 1.29 is 0 Å². The third-order valence-corrected chi connectivity index (χ3v) is 4.82. The van der Waals surface area contributed by atoms with Crippen LogP contribution in [0.1, 0.15) is 96.8 Å². The molecular formula is C21H38IN. The van der Waals surface area contributed by atoms with Gasteiger partial charge in [-0.05, 0) is 23.0 Å². The normalized spacial score (nSPS) is 10.2. The minimum atomic E-state index is 1.34.